The number of nitrogens with zero attached hydrogens (tertiary/aromatic N) is 4. The second-order valence-electron chi connectivity index (χ2n) is 15.1. The molecule has 8 bridgehead atoms. The molecular formula is C45H2Cl10CuF20N4. The summed E-state index contributed by atoms with van der Waals surface area (Å²) in [6.45, 7) is 0. The molecule has 1 radical (unpaired) electrons. The molecule has 423 valence electrons. The fourth-order valence-electron chi connectivity index (χ4n) is 7.69. The van der Waals surface area contributed by atoms with Gasteiger partial charge in [0.1, 0.15) is 40.2 Å². The SMILES string of the molecule is ClCCl.Fc1c(F)c(F)c([C+]2c3[n-]c(c(Cl)c3Cl)[C+](c3c(F)c(F)c(F)c(F)c3F)c3[n-]c(c(Cl)c3Cl)[C+](c3c(F)c(F)c(F)c(F)c3F)c3[n-]c(c(Cl)c3Cl)[C+](c3c(F)c(F)c(F)c(F)c3F)c3[n-]c2c(Cl)c3Cl)c(F)c1F.[Cu]. The first-order valence-corrected chi connectivity index (χ1v) is 23.7. The van der Waals surface area contributed by atoms with Gasteiger partial charge in [0.25, 0.3) is 0 Å². The summed E-state index contributed by atoms with van der Waals surface area (Å²) in [7, 11) is 0. The van der Waals surface area contributed by atoms with Crippen LogP contribution in [0.1, 0.15) is 67.8 Å². The van der Waals surface area contributed by atoms with E-state index < -0.39 is 248 Å². The minimum Gasteiger partial charge on any atom is -0.626 e. The second kappa shape index (κ2) is 22.9. The van der Waals surface area contributed by atoms with Gasteiger partial charge in [0, 0.05) is 40.7 Å². The Labute approximate surface area is 490 Å². The van der Waals surface area contributed by atoms with Crippen molar-refractivity contribution in [2.75, 3.05) is 5.34 Å². The van der Waals surface area contributed by atoms with Gasteiger partial charge in [-0.15, -0.1) is 23.2 Å². The Morgan fingerprint density at radius 1 is 0.212 bits per heavy atom. The summed E-state index contributed by atoms with van der Waals surface area (Å²) in [4.78, 5) is 15.0. The zero-order valence-corrected chi connectivity index (χ0v) is 44.6. The van der Waals surface area contributed by atoms with Crippen molar-refractivity contribution in [1.29, 1.82) is 0 Å². The molecule has 0 unspecified atom stereocenters. The van der Waals surface area contributed by atoms with Crippen molar-refractivity contribution in [3.05, 3.63) is 248 Å². The molecule has 80 heavy (non-hydrogen) atoms. The Morgan fingerprint density at radius 2 is 0.300 bits per heavy atom. The van der Waals surface area contributed by atoms with E-state index in [-0.39, 0.29) is 22.4 Å². The third-order valence-electron chi connectivity index (χ3n) is 11.1. The van der Waals surface area contributed by atoms with Crippen molar-refractivity contribution in [2.24, 2.45) is 0 Å². The molecule has 0 amide bonds. The normalized spacial score (nSPS) is 12.5. The molecule has 0 atom stereocenters. The third kappa shape index (κ3) is 9.33. The first kappa shape index (κ1) is 63.1. The van der Waals surface area contributed by atoms with E-state index in [4.69, 9.17) is 116 Å². The van der Waals surface area contributed by atoms with E-state index >= 15 is 70.2 Å². The van der Waals surface area contributed by atoms with Crippen LogP contribution in [0.25, 0.3) is 0 Å². The van der Waals surface area contributed by atoms with Gasteiger partial charge >= 0.3 is 0 Å². The van der Waals surface area contributed by atoms with Crippen LogP contribution in [0, 0.1) is 140 Å². The Hall–Kier alpha value is -4.50. The Balaban J connectivity index is 0.00000226. The Morgan fingerprint density at radius 3 is 0.400 bits per heavy atom. The molecule has 0 fully saturated rings. The summed E-state index contributed by atoms with van der Waals surface area (Å²) in [6.07, 6.45) is 0. The van der Waals surface area contributed by atoms with Crippen molar-refractivity contribution < 1.29 is 105 Å². The summed E-state index contributed by atoms with van der Waals surface area (Å²) in [5, 5.41) is -11.6. The van der Waals surface area contributed by atoms with Crippen molar-refractivity contribution in [3.63, 3.8) is 0 Å². The van der Waals surface area contributed by atoms with Crippen molar-refractivity contribution >= 4 is 116 Å². The number of hydrogen-bond donors (Lipinski definition) is 0. The number of rotatable bonds is 4. The Kier molecular flexibility index (Phi) is 18.1. The van der Waals surface area contributed by atoms with E-state index in [0.717, 1.165) is 0 Å². The largest absolute Gasteiger partial charge is 0.626 e. The number of benzene rings is 4. The van der Waals surface area contributed by atoms with Crippen molar-refractivity contribution in [2.45, 2.75) is 0 Å². The number of hydrogen-bond acceptors (Lipinski definition) is 0. The van der Waals surface area contributed by atoms with Gasteiger partial charge < -0.3 is 19.9 Å². The average molecular weight is 1400 g/mol. The molecule has 8 aromatic rings. The van der Waals surface area contributed by atoms with Crippen LogP contribution in [0.15, 0.2) is 0 Å². The smallest absolute Gasteiger partial charge is 0.238 e. The maximum atomic E-state index is 16.2. The topological polar surface area (TPSA) is 56.4 Å². The fourth-order valence-corrected chi connectivity index (χ4v) is 9.50. The number of fused-ring (bicyclic) bond motifs is 8. The molecule has 0 saturated carbocycles. The van der Waals surface area contributed by atoms with Crippen LogP contribution in [-0.2, 0) is 17.1 Å². The van der Waals surface area contributed by atoms with Gasteiger partial charge in [0.2, 0.25) is 116 Å². The third-order valence-corrected chi connectivity index (χ3v) is 14.4. The zero-order valence-electron chi connectivity index (χ0n) is 36.1. The van der Waals surface area contributed by atoms with Gasteiger partial charge in [-0.2, -0.15) is 87.8 Å². The molecule has 0 N–H and O–H groups in total. The van der Waals surface area contributed by atoms with Gasteiger partial charge in [-0.05, 0) is 138 Å². The monoisotopic (exact) mass is 1390 g/mol. The summed E-state index contributed by atoms with van der Waals surface area (Å²) in [5.41, 5.74) is -22.1. The summed E-state index contributed by atoms with van der Waals surface area (Å²) >= 11 is 61.4. The standard InChI is InChI=1S/C44Cl8F20N4.CH2Cl2.Cu/c45-9-11(47)39-6(2-19(55)27(63)34(70)28(64)20(2)56)41-13(49)15(51)43(75-41)8(4-23(59)31(67)36(72)32(68)24(4)60)44-16(52)14(50)42(76-44)7(3-21(57)29(65)35(71)30(66)22(3)58)40-12(48)10(46)38(74-40)5(37(9)73-39)1-17(53)25(61)33(69)26(62)18(1)54;2-1-3;/h;1H2;. The summed E-state index contributed by atoms with van der Waals surface area (Å²) < 4.78 is 310. The molecule has 4 nitrogen and oxygen atoms in total. The molecule has 0 spiro atoms. The van der Waals surface area contributed by atoms with Crippen LogP contribution in [-0.4, -0.2) is 5.34 Å². The zero-order chi connectivity index (χ0) is 58.9. The van der Waals surface area contributed by atoms with Crippen LogP contribution in [0.5, 0.6) is 0 Å². The van der Waals surface area contributed by atoms with E-state index in [2.05, 4.69) is 19.9 Å². The molecule has 4 aromatic heterocycles. The fraction of sp³-hybridized carbons (Fsp3) is 0.0222. The minimum atomic E-state index is -2.91. The molecule has 35 heteroatoms. The van der Waals surface area contributed by atoms with Crippen LogP contribution in [0.2, 0.25) is 40.2 Å². The van der Waals surface area contributed by atoms with Crippen LogP contribution in [0.4, 0.5) is 87.8 Å². The number of alkyl halides is 2. The summed E-state index contributed by atoms with van der Waals surface area (Å²) in [5.74, 6) is -64.8. The van der Waals surface area contributed by atoms with E-state index in [9.17, 15) is 17.6 Å². The van der Waals surface area contributed by atoms with Gasteiger partial charge in [-0.25, -0.2) is 0 Å². The quantitative estimate of drug-likeness (QED) is 0.0440. The molecule has 0 aliphatic carbocycles. The molecule has 4 aromatic carbocycles. The molecular weight excluding hydrogens is 1390 g/mol. The van der Waals surface area contributed by atoms with Crippen LogP contribution in [0.3, 0.4) is 0 Å². The Bertz CT molecular complexity index is 3210. The predicted molar refractivity (Wildman–Crippen MR) is 243 cm³/mol. The molecule has 1 aliphatic rings. The van der Waals surface area contributed by atoms with Crippen molar-refractivity contribution in [1.82, 2.24) is 19.9 Å². The molecule has 5 heterocycles. The first-order chi connectivity index (χ1) is 36.8. The van der Waals surface area contributed by atoms with Crippen LogP contribution >= 0.6 is 116 Å². The molecule has 9 rings (SSSR count). The number of halogens is 30. The maximum absolute atomic E-state index is 16.2. The van der Waals surface area contributed by atoms with E-state index in [1.165, 1.54) is 0 Å². The van der Waals surface area contributed by atoms with Gasteiger partial charge in [-0.1, -0.05) is 0 Å². The minimum absolute atomic E-state index is 0. The average Bonchev–Trinajstić information content (AvgIpc) is 4.08. The van der Waals surface area contributed by atoms with E-state index in [1.54, 1.807) is 0 Å². The van der Waals surface area contributed by atoms with Gasteiger partial charge in [0.05, 0.1) is 5.34 Å². The number of aromatic nitrogens is 4. The van der Waals surface area contributed by atoms with Gasteiger partial charge in [0.15, 0.2) is 22.3 Å². The van der Waals surface area contributed by atoms with Crippen LogP contribution < -0.4 is 19.9 Å². The molecule has 1 aliphatic heterocycles. The maximum Gasteiger partial charge on any atom is 0.238 e. The molecule has 0 saturated heterocycles. The predicted octanol–water partition coefficient (Wildman–Crippen LogP) is 17.3. The van der Waals surface area contributed by atoms with Crippen molar-refractivity contribution in [3.8, 4) is 0 Å². The van der Waals surface area contributed by atoms with E-state index in [1.807, 2.05) is 0 Å². The first-order valence-electron chi connectivity index (χ1n) is 19.6. The van der Waals surface area contributed by atoms with E-state index in [0.29, 0.717) is 0 Å². The van der Waals surface area contributed by atoms with Gasteiger partial charge in [-0.3, -0.25) is 0 Å². The second-order valence-corrected chi connectivity index (χ2v) is 19.0. The summed E-state index contributed by atoms with van der Waals surface area (Å²) in [6, 6.07) is 0.